The largest absolute Gasteiger partial charge is 0.480 e. The van der Waals surface area contributed by atoms with Gasteiger partial charge in [-0.3, -0.25) is 19.6 Å². The first-order valence-electron chi connectivity index (χ1n) is 8.40. The molecule has 3 aromatic rings. The molecule has 2 aromatic carbocycles. The van der Waals surface area contributed by atoms with E-state index in [-0.39, 0.29) is 6.73 Å². The zero-order valence-electron chi connectivity index (χ0n) is 14.9. The Balaban J connectivity index is 1.63. The van der Waals surface area contributed by atoms with Crippen molar-refractivity contribution in [3.63, 3.8) is 0 Å². The molecule has 0 spiro atoms. The van der Waals surface area contributed by atoms with Gasteiger partial charge in [0.1, 0.15) is 11.8 Å². The van der Waals surface area contributed by atoms with Gasteiger partial charge in [-0.1, -0.05) is 12.1 Å². The molecular weight excluding hydrogens is 398 g/mol. The molecule has 0 aliphatic heterocycles. The summed E-state index contributed by atoms with van der Waals surface area (Å²) < 4.78 is 8.40. The highest BCUT2D eigenvalue weighted by Crippen LogP contribution is 2.19. The highest BCUT2D eigenvalue weighted by Gasteiger charge is 2.10. The molecule has 8 nitrogen and oxygen atoms in total. The molecule has 1 aromatic heterocycles. The van der Waals surface area contributed by atoms with Crippen LogP contribution in [0.2, 0.25) is 0 Å². The maximum Gasteiger partial charge on any atom is 0.325 e. The van der Waals surface area contributed by atoms with E-state index in [2.05, 4.69) is 20.8 Å². The predicted molar refractivity (Wildman–Crippen MR) is 112 cm³/mol. The molecule has 146 valence electrons. The van der Waals surface area contributed by atoms with E-state index in [9.17, 15) is 4.79 Å². The minimum atomic E-state index is -0.921. The summed E-state index contributed by atoms with van der Waals surface area (Å²) in [5, 5.41) is 20.7. The number of carboxylic acids is 1. The molecule has 28 heavy (non-hydrogen) atoms. The minimum Gasteiger partial charge on any atom is -0.480 e. The molecule has 5 N–H and O–H groups in total. The second-order valence-electron chi connectivity index (χ2n) is 5.94. The Morgan fingerprint density at radius 1 is 1.14 bits per heavy atom. The number of carbonyl (C=O) groups is 1. The van der Waals surface area contributed by atoms with E-state index in [0.717, 1.165) is 11.4 Å². The third-order valence-corrected chi connectivity index (χ3v) is 4.46. The Bertz CT molecular complexity index is 1060. The number of rotatable bonds is 8. The number of hydrogen-bond donors (Lipinski definition) is 5. The lowest BCUT2D eigenvalue weighted by atomic mass is 10.2. The SMILES string of the molecule is CC(Nc1cccc(OCNc2cccc(-n3c(=S)[nH][nH]c3=S)c2)c1)C(=O)O. The van der Waals surface area contributed by atoms with Gasteiger partial charge in [0.05, 0.1) is 5.69 Å². The van der Waals surface area contributed by atoms with Crippen molar-refractivity contribution in [1.82, 2.24) is 14.8 Å². The van der Waals surface area contributed by atoms with Crippen LogP contribution in [0.5, 0.6) is 5.75 Å². The average molecular weight is 418 g/mol. The van der Waals surface area contributed by atoms with Crippen molar-refractivity contribution >= 4 is 41.8 Å². The van der Waals surface area contributed by atoms with E-state index < -0.39 is 12.0 Å². The van der Waals surface area contributed by atoms with Crippen LogP contribution in [-0.4, -0.2) is 38.6 Å². The van der Waals surface area contributed by atoms with Gasteiger partial charge in [-0.15, -0.1) is 0 Å². The van der Waals surface area contributed by atoms with E-state index in [1.807, 2.05) is 24.3 Å². The van der Waals surface area contributed by atoms with Crippen molar-refractivity contribution in [1.29, 1.82) is 0 Å². The Kier molecular flexibility index (Phi) is 6.12. The van der Waals surface area contributed by atoms with Crippen molar-refractivity contribution in [3.8, 4) is 11.4 Å². The molecule has 0 radical (unpaired) electrons. The molecule has 10 heteroatoms. The summed E-state index contributed by atoms with van der Waals surface area (Å²) in [4.78, 5) is 10.9. The van der Waals surface area contributed by atoms with Crippen molar-refractivity contribution in [3.05, 3.63) is 58.1 Å². The molecule has 0 aliphatic carbocycles. The van der Waals surface area contributed by atoms with Crippen LogP contribution >= 0.6 is 24.4 Å². The summed E-state index contributed by atoms with van der Waals surface area (Å²) in [6.07, 6.45) is 0. The number of ether oxygens (including phenoxy) is 1. The van der Waals surface area contributed by atoms with E-state index >= 15 is 0 Å². The smallest absolute Gasteiger partial charge is 0.325 e. The number of nitrogens with one attached hydrogen (secondary N) is 4. The summed E-state index contributed by atoms with van der Waals surface area (Å²) >= 11 is 10.5. The number of aromatic nitrogens is 3. The third kappa shape index (κ3) is 4.78. The van der Waals surface area contributed by atoms with Gasteiger partial charge in [0.25, 0.3) is 0 Å². The van der Waals surface area contributed by atoms with Gasteiger partial charge in [-0.2, -0.15) is 0 Å². The van der Waals surface area contributed by atoms with Crippen LogP contribution in [0.25, 0.3) is 5.69 Å². The first-order chi connectivity index (χ1) is 13.4. The summed E-state index contributed by atoms with van der Waals surface area (Å²) in [5.74, 6) is -0.309. The normalized spacial score (nSPS) is 11.6. The molecule has 0 aliphatic rings. The molecule has 3 rings (SSSR count). The molecule has 1 unspecified atom stereocenters. The highest BCUT2D eigenvalue weighted by molar-refractivity contribution is 7.72. The summed E-state index contributed by atoms with van der Waals surface area (Å²) in [6, 6.07) is 14.0. The lowest BCUT2D eigenvalue weighted by Crippen LogP contribution is -2.25. The van der Waals surface area contributed by atoms with Crippen LogP contribution < -0.4 is 15.4 Å². The summed E-state index contributed by atoms with van der Waals surface area (Å²) in [7, 11) is 0. The van der Waals surface area contributed by atoms with Crippen molar-refractivity contribution in [2.24, 2.45) is 0 Å². The fourth-order valence-electron chi connectivity index (χ4n) is 2.49. The second kappa shape index (κ2) is 8.72. The zero-order valence-corrected chi connectivity index (χ0v) is 16.6. The number of aromatic amines is 2. The van der Waals surface area contributed by atoms with Crippen LogP contribution in [0.3, 0.4) is 0 Å². The van der Waals surface area contributed by atoms with Crippen LogP contribution in [0.4, 0.5) is 11.4 Å². The maximum atomic E-state index is 10.9. The number of benzene rings is 2. The maximum absolute atomic E-state index is 10.9. The van der Waals surface area contributed by atoms with Gasteiger partial charge < -0.3 is 20.5 Å². The van der Waals surface area contributed by atoms with Gasteiger partial charge >= 0.3 is 5.97 Å². The summed E-state index contributed by atoms with van der Waals surface area (Å²) in [6.45, 7) is 1.81. The van der Waals surface area contributed by atoms with Crippen molar-refractivity contribution < 1.29 is 14.6 Å². The quantitative estimate of drug-likeness (QED) is 0.279. The number of anilines is 2. The van der Waals surface area contributed by atoms with Crippen molar-refractivity contribution in [2.75, 3.05) is 17.4 Å². The van der Waals surface area contributed by atoms with Crippen LogP contribution in [0, 0.1) is 9.54 Å². The predicted octanol–water partition coefficient (Wildman–Crippen LogP) is 3.93. The van der Waals surface area contributed by atoms with Crippen LogP contribution in [0.1, 0.15) is 6.92 Å². The molecule has 0 saturated carbocycles. The minimum absolute atomic E-state index is 0.229. The molecule has 1 atom stereocenters. The Morgan fingerprint density at radius 2 is 1.82 bits per heavy atom. The Morgan fingerprint density at radius 3 is 2.54 bits per heavy atom. The molecule has 0 amide bonds. The molecule has 0 saturated heterocycles. The first kappa shape index (κ1) is 19.6. The number of nitrogens with zero attached hydrogens (tertiary/aromatic N) is 1. The lowest BCUT2D eigenvalue weighted by Gasteiger charge is -2.13. The third-order valence-electron chi connectivity index (χ3n) is 3.89. The standard InChI is InChI=1S/C18H19N5O3S2/c1-11(16(24)25)20-13-5-3-7-15(9-13)26-10-19-12-4-2-6-14(8-12)23-17(27)21-22-18(23)28/h2-9,11,19-20H,10H2,1H3,(H,21,27)(H,22,28)(H,24,25). The van der Waals surface area contributed by atoms with Gasteiger partial charge in [0.15, 0.2) is 16.3 Å². The van der Waals surface area contributed by atoms with Gasteiger partial charge in [-0.05, 0) is 61.7 Å². The first-order valence-corrected chi connectivity index (χ1v) is 9.22. The molecule has 1 heterocycles. The number of carboxylic acid groups (broad SMARTS) is 1. The highest BCUT2D eigenvalue weighted by atomic mass is 32.1. The van der Waals surface area contributed by atoms with Gasteiger partial charge in [0, 0.05) is 17.4 Å². The fraction of sp³-hybridized carbons (Fsp3) is 0.167. The van der Waals surface area contributed by atoms with E-state index in [1.165, 1.54) is 0 Å². The van der Waals surface area contributed by atoms with Crippen molar-refractivity contribution in [2.45, 2.75) is 13.0 Å². The van der Waals surface area contributed by atoms with Crippen LogP contribution in [-0.2, 0) is 4.79 Å². The lowest BCUT2D eigenvalue weighted by molar-refractivity contribution is -0.137. The van der Waals surface area contributed by atoms with Gasteiger partial charge in [0.2, 0.25) is 0 Å². The summed E-state index contributed by atoms with van der Waals surface area (Å²) in [5.41, 5.74) is 2.33. The monoisotopic (exact) mass is 417 g/mol. The van der Waals surface area contributed by atoms with Gasteiger partial charge in [-0.25, -0.2) is 0 Å². The molecule has 0 bridgehead atoms. The molecule has 0 fully saturated rings. The Hall–Kier alpha value is -3.11. The fourth-order valence-corrected chi connectivity index (χ4v) is 3.04. The van der Waals surface area contributed by atoms with E-state index in [1.54, 1.807) is 35.8 Å². The zero-order chi connectivity index (χ0) is 20.1. The average Bonchev–Trinajstić information content (AvgIpc) is 3.00. The number of H-pyrrole nitrogens is 2. The number of hydrogen-bond acceptors (Lipinski definition) is 6. The second-order valence-corrected chi connectivity index (χ2v) is 6.72. The number of aliphatic carboxylic acids is 1. The molecular formula is C18H19N5O3S2. The topological polar surface area (TPSA) is 107 Å². The van der Waals surface area contributed by atoms with E-state index in [0.29, 0.717) is 21.0 Å². The van der Waals surface area contributed by atoms with E-state index in [4.69, 9.17) is 34.3 Å². The Labute approximate surface area is 171 Å². The van der Waals surface area contributed by atoms with Crippen LogP contribution in [0.15, 0.2) is 48.5 Å².